The van der Waals surface area contributed by atoms with Crippen molar-refractivity contribution in [1.29, 1.82) is 0 Å². The summed E-state index contributed by atoms with van der Waals surface area (Å²) in [5.41, 5.74) is 0. The molecule has 0 rings (SSSR count). The molecule has 0 aromatic carbocycles. The van der Waals surface area contributed by atoms with Gasteiger partial charge in [-0.05, 0) is 13.8 Å². The summed E-state index contributed by atoms with van der Waals surface area (Å²) in [6, 6.07) is 0. The van der Waals surface area contributed by atoms with E-state index in [1.54, 1.807) is 13.8 Å². The molecular formula is C9H14O2. The van der Waals surface area contributed by atoms with Gasteiger partial charge in [0.05, 0.1) is 12.5 Å². The fourth-order valence-electron chi connectivity index (χ4n) is 0.623. The molecule has 0 spiro atoms. The number of hydrogen-bond acceptors (Lipinski definition) is 2. The monoisotopic (exact) mass is 154 g/mol. The zero-order chi connectivity index (χ0) is 8.69. The van der Waals surface area contributed by atoms with E-state index in [-0.39, 0.29) is 11.9 Å². The molecule has 62 valence electrons. The van der Waals surface area contributed by atoms with Crippen molar-refractivity contribution >= 4 is 5.97 Å². The molecule has 0 saturated heterocycles. The maximum Gasteiger partial charge on any atom is 0.309 e. The summed E-state index contributed by atoms with van der Waals surface area (Å²) >= 11 is 0. The Kier molecular flexibility index (Phi) is 5.28. The Hall–Kier alpha value is -0.970. The summed E-state index contributed by atoms with van der Waals surface area (Å²) < 4.78 is 4.79. The van der Waals surface area contributed by atoms with Crippen LogP contribution in [0.2, 0.25) is 0 Å². The van der Waals surface area contributed by atoms with E-state index in [0.717, 1.165) is 0 Å². The minimum absolute atomic E-state index is 0.0950. The normalized spacial score (nSPS) is 11.2. The lowest BCUT2D eigenvalue weighted by atomic mass is 10.1. The van der Waals surface area contributed by atoms with E-state index in [4.69, 9.17) is 4.74 Å². The summed E-state index contributed by atoms with van der Waals surface area (Å²) in [5, 5.41) is 0. The third kappa shape index (κ3) is 4.44. The van der Waals surface area contributed by atoms with Crippen molar-refractivity contribution in [3.63, 3.8) is 0 Å². The van der Waals surface area contributed by atoms with Crippen molar-refractivity contribution in [2.24, 2.45) is 5.92 Å². The smallest absolute Gasteiger partial charge is 0.309 e. The molecule has 1 atom stereocenters. The van der Waals surface area contributed by atoms with Crippen LogP contribution in [-0.4, -0.2) is 12.6 Å². The van der Waals surface area contributed by atoms with Crippen molar-refractivity contribution in [2.45, 2.75) is 27.2 Å². The van der Waals surface area contributed by atoms with E-state index in [2.05, 4.69) is 11.8 Å². The Balaban J connectivity index is 3.69. The van der Waals surface area contributed by atoms with Crippen molar-refractivity contribution < 1.29 is 9.53 Å². The highest BCUT2D eigenvalue weighted by molar-refractivity contribution is 5.72. The largest absolute Gasteiger partial charge is 0.466 e. The zero-order valence-electron chi connectivity index (χ0n) is 7.31. The lowest BCUT2D eigenvalue weighted by Gasteiger charge is -2.05. The van der Waals surface area contributed by atoms with E-state index in [9.17, 15) is 4.79 Å². The number of carbonyl (C=O) groups excluding carboxylic acids is 1. The van der Waals surface area contributed by atoms with E-state index in [1.807, 2.05) is 6.92 Å². The van der Waals surface area contributed by atoms with Crippen molar-refractivity contribution in [3.05, 3.63) is 0 Å². The Labute approximate surface area is 67.9 Å². The van der Waals surface area contributed by atoms with Crippen LogP contribution >= 0.6 is 0 Å². The van der Waals surface area contributed by atoms with Crippen LogP contribution < -0.4 is 0 Å². The lowest BCUT2D eigenvalue weighted by molar-refractivity contribution is -0.147. The van der Waals surface area contributed by atoms with Crippen LogP contribution in [0.4, 0.5) is 0 Å². The molecule has 0 aliphatic carbocycles. The Bertz CT molecular complexity index is 174. The number of carbonyl (C=O) groups is 1. The van der Waals surface area contributed by atoms with E-state index in [1.165, 1.54) is 0 Å². The van der Waals surface area contributed by atoms with Gasteiger partial charge in [-0.3, -0.25) is 4.79 Å². The number of ether oxygens (including phenoxy) is 1. The van der Waals surface area contributed by atoms with Crippen molar-refractivity contribution in [2.75, 3.05) is 6.61 Å². The second-order valence-electron chi connectivity index (χ2n) is 2.28. The molecule has 0 aromatic heterocycles. The van der Waals surface area contributed by atoms with Gasteiger partial charge < -0.3 is 4.74 Å². The maximum atomic E-state index is 11.0. The minimum atomic E-state index is -0.157. The third-order valence-corrected chi connectivity index (χ3v) is 1.27. The molecule has 0 heterocycles. The lowest BCUT2D eigenvalue weighted by Crippen LogP contribution is -2.13. The van der Waals surface area contributed by atoms with Gasteiger partial charge in [0, 0.05) is 6.42 Å². The van der Waals surface area contributed by atoms with Crippen LogP contribution in [0.25, 0.3) is 0 Å². The van der Waals surface area contributed by atoms with Crippen LogP contribution in [-0.2, 0) is 9.53 Å². The second kappa shape index (κ2) is 5.79. The number of hydrogen-bond donors (Lipinski definition) is 0. The highest BCUT2D eigenvalue weighted by atomic mass is 16.5. The first kappa shape index (κ1) is 10.0. The van der Waals surface area contributed by atoms with Crippen LogP contribution in [0, 0.1) is 17.8 Å². The molecule has 0 N–H and O–H groups in total. The first-order valence-corrected chi connectivity index (χ1v) is 3.78. The molecule has 2 nitrogen and oxygen atoms in total. The van der Waals surface area contributed by atoms with Crippen LogP contribution in [0.15, 0.2) is 0 Å². The van der Waals surface area contributed by atoms with Gasteiger partial charge in [-0.1, -0.05) is 6.92 Å². The summed E-state index contributed by atoms with van der Waals surface area (Å²) in [6.45, 7) is 5.83. The van der Waals surface area contributed by atoms with Gasteiger partial charge >= 0.3 is 5.97 Å². The number of rotatable bonds is 3. The Morgan fingerprint density at radius 1 is 1.64 bits per heavy atom. The second-order valence-corrected chi connectivity index (χ2v) is 2.28. The molecule has 0 aliphatic rings. The first-order chi connectivity index (χ1) is 5.22. The third-order valence-electron chi connectivity index (χ3n) is 1.27. The van der Waals surface area contributed by atoms with Gasteiger partial charge in [0.1, 0.15) is 0 Å². The van der Waals surface area contributed by atoms with Crippen molar-refractivity contribution in [1.82, 2.24) is 0 Å². The molecule has 11 heavy (non-hydrogen) atoms. The average Bonchev–Trinajstić information content (AvgIpc) is 2.00. The fourth-order valence-corrected chi connectivity index (χ4v) is 0.623. The molecule has 0 fully saturated rings. The Morgan fingerprint density at radius 2 is 2.27 bits per heavy atom. The minimum Gasteiger partial charge on any atom is -0.466 e. The van der Waals surface area contributed by atoms with Crippen LogP contribution in [0.5, 0.6) is 0 Å². The van der Waals surface area contributed by atoms with Gasteiger partial charge in [0.2, 0.25) is 0 Å². The summed E-state index contributed by atoms with van der Waals surface area (Å²) in [5.74, 6) is 5.32. The van der Waals surface area contributed by atoms with Crippen molar-refractivity contribution in [3.8, 4) is 11.8 Å². The first-order valence-electron chi connectivity index (χ1n) is 3.78. The molecule has 0 aromatic rings. The van der Waals surface area contributed by atoms with Gasteiger partial charge in [-0.2, -0.15) is 0 Å². The summed E-state index contributed by atoms with van der Waals surface area (Å²) in [7, 11) is 0. The standard InChI is InChI=1S/C9H14O2/c1-4-6-7-8(3)9(10)11-5-2/h8H,5,7H2,1-3H3. The van der Waals surface area contributed by atoms with Gasteiger partial charge in [-0.15, -0.1) is 11.8 Å². The molecule has 0 radical (unpaired) electrons. The molecule has 0 bridgehead atoms. The molecule has 0 saturated carbocycles. The predicted molar refractivity (Wildman–Crippen MR) is 43.9 cm³/mol. The fraction of sp³-hybridized carbons (Fsp3) is 0.667. The highest BCUT2D eigenvalue weighted by Gasteiger charge is 2.11. The quantitative estimate of drug-likeness (QED) is 0.456. The highest BCUT2D eigenvalue weighted by Crippen LogP contribution is 2.02. The average molecular weight is 154 g/mol. The SMILES string of the molecule is CC#CCC(C)C(=O)OCC. The number of esters is 1. The molecular weight excluding hydrogens is 140 g/mol. The molecule has 0 amide bonds. The van der Waals surface area contributed by atoms with E-state index < -0.39 is 0 Å². The topological polar surface area (TPSA) is 26.3 Å². The zero-order valence-corrected chi connectivity index (χ0v) is 7.31. The van der Waals surface area contributed by atoms with Crippen LogP contribution in [0.3, 0.4) is 0 Å². The maximum absolute atomic E-state index is 11.0. The molecule has 2 heteroatoms. The van der Waals surface area contributed by atoms with Crippen LogP contribution in [0.1, 0.15) is 27.2 Å². The summed E-state index contributed by atoms with van der Waals surface area (Å²) in [4.78, 5) is 11.0. The van der Waals surface area contributed by atoms with Gasteiger partial charge in [0.25, 0.3) is 0 Å². The molecule has 0 aliphatic heterocycles. The van der Waals surface area contributed by atoms with E-state index in [0.29, 0.717) is 13.0 Å². The summed E-state index contributed by atoms with van der Waals surface area (Å²) in [6.07, 6.45) is 0.593. The van der Waals surface area contributed by atoms with E-state index >= 15 is 0 Å². The molecule has 1 unspecified atom stereocenters. The van der Waals surface area contributed by atoms with Gasteiger partial charge in [0.15, 0.2) is 0 Å². The van der Waals surface area contributed by atoms with Gasteiger partial charge in [-0.25, -0.2) is 0 Å². The Morgan fingerprint density at radius 3 is 2.73 bits per heavy atom. The predicted octanol–water partition coefficient (Wildman–Crippen LogP) is 1.60.